The van der Waals surface area contributed by atoms with E-state index in [1.54, 1.807) is 7.05 Å². The summed E-state index contributed by atoms with van der Waals surface area (Å²) in [5.74, 6) is 0.727. The molecule has 2 heterocycles. The van der Waals surface area contributed by atoms with Gasteiger partial charge in [-0.15, -0.1) is 10.2 Å². The fraction of sp³-hybridized carbons (Fsp3) is 0.778. The predicted octanol–water partition coefficient (Wildman–Crippen LogP) is -1.08. The van der Waals surface area contributed by atoms with E-state index in [4.69, 9.17) is 0 Å². The zero-order valence-electron chi connectivity index (χ0n) is 9.55. The molecule has 88 valence electrons. The first-order valence-electron chi connectivity index (χ1n) is 5.41. The highest BCUT2D eigenvalue weighted by Gasteiger charge is 2.24. The first-order valence-corrected chi connectivity index (χ1v) is 5.41. The number of aromatic nitrogens is 4. The van der Waals surface area contributed by atoms with Crippen molar-refractivity contribution < 1.29 is 4.79 Å². The molecule has 0 saturated carbocycles. The third-order valence-corrected chi connectivity index (χ3v) is 2.74. The van der Waals surface area contributed by atoms with Gasteiger partial charge in [-0.25, -0.2) is 0 Å². The summed E-state index contributed by atoms with van der Waals surface area (Å²) < 4.78 is 0. The average Bonchev–Trinajstić information content (AvgIpc) is 2.60. The molecule has 16 heavy (non-hydrogen) atoms. The number of amides is 1. The Hall–Kier alpha value is -1.50. The highest BCUT2D eigenvalue weighted by atomic mass is 16.2. The molecule has 1 atom stereocenters. The van der Waals surface area contributed by atoms with E-state index in [9.17, 15) is 4.79 Å². The van der Waals surface area contributed by atoms with Gasteiger partial charge in [-0.2, -0.15) is 4.80 Å². The molecule has 1 amide bonds. The molecule has 7 nitrogen and oxygen atoms in total. The molecule has 1 aliphatic heterocycles. The van der Waals surface area contributed by atoms with E-state index >= 15 is 0 Å². The summed E-state index contributed by atoms with van der Waals surface area (Å²) in [4.78, 5) is 15.1. The summed E-state index contributed by atoms with van der Waals surface area (Å²) in [6.45, 7) is 4.09. The van der Waals surface area contributed by atoms with Crippen LogP contribution in [0.2, 0.25) is 0 Å². The van der Waals surface area contributed by atoms with Crippen molar-refractivity contribution in [3.8, 4) is 0 Å². The van der Waals surface area contributed by atoms with Crippen LogP contribution in [0.25, 0.3) is 0 Å². The van der Waals surface area contributed by atoms with Crippen LogP contribution < -0.4 is 5.32 Å². The van der Waals surface area contributed by atoms with E-state index in [1.807, 2.05) is 6.92 Å². The van der Waals surface area contributed by atoms with Crippen molar-refractivity contribution in [1.82, 2.24) is 30.4 Å². The molecule has 1 aromatic rings. The van der Waals surface area contributed by atoms with Gasteiger partial charge in [0.05, 0.1) is 19.6 Å². The molecule has 7 heteroatoms. The molecular formula is C9H16N6O. The molecule has 2 rings (SSSR count). The number of carbonyl (C=O) groups is 1. The lowest BCUT2D eigenvalue weighted by molar-refractivity contribution is -0.125. The van der Waals surface area contributed by atoms with Crippen molar-refractivity contribution in [2.75, 3.05) is 13.1 Å². The largest absolute Gasteiger partial charge is 0.355 e. The van der Waals surface area contributed by atoms with E-state index in [0.29, 0.717) is 12.4 Å². The molecule has 1 aliphatic rings. The minimum atomic E-state index is -0.133. The van der Waals surface area contributed by atoms with Crippen LogP contribution in [0.1, 0.15) is 19.2 Å². The van der Waals surface area contributed by atoms with Gasteiger partial charge < -0.3 is 5.32 Å². The van der Waals surface area contributed by atoms with Gasteiger partial charge in [-0.05, 0) is 18.6 Å². The molecule has 1 N–H and O–H groups in total. The van der Waals surface area contributed by atoms with Gasteiger partial charge in [0.25, 0.3) is 0 Å². The Morgan fingerprint density at radius 1 is 1.56 bits per heavy atom. The highest BCUT2D eigenvalue weighted by molar-refractivity contribution is 5.81. The number of tetrazole rings is 1. The van der Waals surface area contributed by atoms with E-state index < -0.39 is 0 Å². The quantitative estimate of drug-likeness (QED) is 0.691. The lowest BCUT2D eigenvalue weighted by Crippen LogP contribution is -2.41. The maximum absolute atomic E-state index is 11.6. The average molecular weight is 224 g/mol. The molecule has 0 spiro atoms. The van der Waals surface area contributed by atoms with E-state index in [2.05, 4.69) is 25.6 Å². The fourth-order valence-electron chi connectivity index (χ4n) is 1.79. The summed E-state index contributed by atoms with van der Waals surface area (Å²) in [6.07, 6.45) is 0.955. The van der Waals surface area contributed by atoms with Crippen molar-refractivity contribution in [2.24, 2.45) is 7.05 Å². The molecule has 0 unspecified atom stereocenters. The summed E-state index contributed by atoms with van der Waals surface area (Å²) >= 11 is 0. The minimum absolute atomic E-state index is 0.0707. The van der Waals surface area contributed by atoms with Gasteiger partial charge in [-0.3, -0.25) is 9.69 Å². The zero-order chi connectivity index (χ0) is 11.5. The molecule has 0 aliphatic carbocycles. The SMILES string of the molecule is C[C@H]1C(=O)NCCCN1Cc1nnn(C)n1. The zero-order valence-corrected chi connectivity index (χ0v) is 9.55. The van der Waals surface area contributed by atoms with Crippen LogP contribution in [0, 0.1) is 0 Å². The molecule has 1 saturated heterocycles. The number of nitrogens with zero attached hydrogens (tertiary/aromatic N) is 5. The van der Waals surface area contributed by atoms with Crippen LogP contribution >= 0.6 is 0 Å². The van der Waals surface area contributed by atoms with Gasteiger partial charge in [0.15, 0.2) is 5.82 Å². The second-order valence-electron chi connectivity index (χ2n) is 3.99. The Morgan fingerprint density at radius 3 is 3.06 bits per heavy atom. The number of hydrogen-bond donors (Lipinski definition) is 1. The summed E-state index contributed by atoms with van der Waals surface area (Å²) in [5, 5.41) is 14.7. The first kappa shape index (κ1) is 11.0. The normalized spacial score (nSPS) is 22.9. The fourth-order valence-corrected chi connectivity index (χ4v) is 1.79. The summed E-state index contributed by atoms with van der Waals surface area (Å²) in [6, 6.07) is -0.133. The first-order chi connectivity index (χ1) is 7.66. The van der Waals surface area contributed by atoms with Crippen LogP contribution in [0.15, 0.2) is 0 Å². The maximum atomic E-state index is 11.6. The highest BCUT2D eigenvalue weighted by Crippen LogP contribution is 2.07. The Kier molecular flexibility index (Phi) is 3.14. The van der Waals surface area contributed by atoms with Gasteiger partial charge in [0.2, 0.25) is 5.91 Å². The van der Waals surface area contributed by atoms with Gasteiger partial charge in [-0.1, -0.05) is 0 Å². The van der Waals surface area contributed by atoms with Crippen LogP contribution in [-0.2, 0) is 18.4 Å². The van der Waals surface area contributed by atoms with Gasteiger partial charge in [0, 0.05) is 13.1 Å². The molecule has 0 bridgehead atoms. The topological polar surface area (TPSA) is 75.9 Å². The molecule has 1 fully saturated rings. The minimum Gasteiger partial charge on any atom is -0.355 e. The molecule has 1 aromatic heterocycles. The van der Waals surface area contributed by atoms with Crippen LogP contribution in [0.5, 0.6) is 0 Å². The van der Waals surface area contributed by atoms with Crippen molar-refractivity contribution in [3.63, 3.8) is 0 Å². The number of rotatable bonds is 2. The Morgan fingerprint density at radius 2 is 2.38 bits per heavy atom. The summed E-state index contributed by atoms with van der Waals surface area (Å²) in [5.41, 5.74) is 0. The van der Waals surface area contributed by atoms with Gasteiger partial charge in [0.1, 0.15) is 0 Å². The summed E-state index contributed by atoms with van der Waals surface area (Å²) in [7, 11) is 1.73. The number of aryl methyl sites for hydroxylation is 1. The van der Waals surface area contributed by atoms with Crippen molar-refractivity contribution in [2.45, 2.75) is 25.9 Å². The van der Waals surface area contributed by atoms with Crippen molar-refractivity contribution >= 4 is 5.91 Å². The second kappa shape index (κ2) is 4.56. The number of carbonyl (C=O) groups excluding carboxylic acids is 1. The third kappa shape index (κ3) is 2.35. The van der Waals surface area contributed by atoms with Crippen molar-refractivity contribution in [1.29, 1.82) is 0 Å². The van der Waals surface area contributed by atoms with E-state index in [0.717, 1.165) is 19.5 Å². The third-order valence-electron chi connectivity index (χ3n) is 2.74. The lowest BCUT2D eigenvalue weighted by Gasteiger charge is -2.23. The molecule has 0 aromatic carbocycles. The smallest absolute Gasteiger partial charge is 0.237 e. The van der Waals surface area contributed by atoms with E-state index in [-0.39, 0.29) is 11.9 Å². The van der Waals surface area contributed by atoms with E-state index in [1.165, 1.54) is 4.80 Å². The number of hydrogen-bond acceptors (Lipinski definition) is 5. The standard InChI is InChI=1S/C9H16N6O/c1-7-9(16)10-4-3-5-15(7)6-8-11-13-14(2)12-8/h7H,3-6H2,1-2H3,(H,10,16)/t7-/m0/s1. The monoisotopic (exact) mass is 224 g/mol. The Bertz CT molecular complexity index is 376. The Balaban J connectivity index is 2.04. The number of nitrogens with one attached hydrogen (secondary N) is 1. The lowest BCUT2D eigenvalue weighted by atomic mass is 10.2. The van der Waals surface area contributed by atoms with Gasteiger partial charge >= 0.3 is 0 Å². The van der Waals surface area contributed by atoms with Crippen LogP contribution in [0.3, 0.4) is 0 Å². The second-order valence-corrected chi connectivity index (χ2v) is 3.99. The van der Waals surface area contributed by atoms with Crippen molar-refractivity contribution in [3.05, 3.63) is 5.82 Å². The molecular weight excluding hydrogens is 208 g/mol. The maximum Gasteiger partial charge on any atom is 0.237 e. The van der Waals surface area contributed by atoms with Crippen LogP contribution in [0.4, 0.5) is 0 Å². The predicted molar refractivity (Wildman–Crippen MR) is 56.3 cm³/mol. The molecule has 0 radical (unpaired) electrons. The Labute approximate surface area is 93.8 Å². The van der Waals surface area contributed by atoms with Crippen LogP contribution in [-0.4, -0.2) is 50.1 Å².